The first kappa shape index (κ1) is 17.8. The van der Waals surface area contributed by atoms with Crippen molar-refractivity contribution in [2.24, 2.45) is 0 Å². The van der Waals surface area contributed by atoms with Crippen molar-refractivity contribution < 1.29 is 23.8 Å². The van der Waals surface area contributed by atoms with Gasteiger partial charge in [-0.1, -0.05) is 35.5 Å². The second kappa shape index (κ2) is 7.17. The number of rotatable bonds is 5. The van der Waals surface area contributed by atoms with Gasteiger partial charge in [-0.3, -0.25) is 4.79 Å². The predicted molar refractivity (Wildman–Crippen MR) is 101 cm³/mol. The Labute approximate surface area is 164 Å². The molecule has 138 valence electrons. The fraction of sp³-hybridized carbons (Fsp3) is 0.158. The van der Waals surface area contributed by atoms with Crippen LogP contribution in [0, 0.1) is 0 Å². The lowest BCUT2D eigenvalue weighted by Crippen LogP contribution is -2.10. The molecule has 0 bridgehead atoms. The van der Waals surface area contributed by atoms with E-state index in [2.05, 4.69) is 4.98 Å². The maximum Gasteiger partial charge on any atom is 0.316 e. The second-order valence-electron chi connectivity index (χ2n) is 5.83. The first-order valence-corrected chi connectivity index (χ1v) is 9.33. The van der Waals surface area contributed by atoms with E-state index in [9.17, 15) is 4.79 Å². The van der Waals surface area contributed by atoms with Crippen LogP contribution in [0.1, 0.15) is 6.92 Å². The van der Waals surface area contributed by atoms with E-state index in [1.807, 2.05) is 24.3 Å². The number of hydrogen-bond acceptors (Lipinski definition) is 6. The zero-order valence-electron chi connectivity index (χ0n) is 14.1. The molecule has 2 heterocycles. The van der Waals surface area contributed by atoms with Gasteiger partial charge in [-0.2, -0.15) is 0 Å². The van der Waals surface area contributed by atoms with Gasteiger partial charge in [0.1, 0.15) is 10.9 Å². The monoisotopic (exact) mass is 403 g/mol. The quantitative estimate of drug-likeness (QED) is 0.603. The number of hydrogen-bond donors (Lipinski definition) is 1. The summed E-state index contributed by atoms with van der Waals surface area (Å²) >= 11 is 7.03. The van der Waals surface area contributed by atoms with E-state index >= 15 is 0 Å². The number of benzene rings is 2. The second-order valence-corrected chi connectivity index (χ2v) is 7.56. The highest BCUT2D eigenvalue weighted by Gasteiger charge is 2.23. The summed E-state index contributed by atoms with van der Waals surface area (Å²) in [6, 6.07) is 12.7. The highest BCUT2D eigenvalue weighted by atomic mass is 35.5. The molecule has 1 unspecified atom stereocenters. The van der Waals surface area contributed by atoms with Gasteiger partial charge >= 0.3 is 5.97 Å². The molecule has 0 radical (unpaired) electrons. The Morgan fingerprint density at radius 2 is 1.85 bits per heavy atom. The molecule has 0 fully saturated rings. The lowest BCUT2D eigenvalue weighted by atomic mass is 10.1. The van der Waals surface area contributed by atoms with E-state index in [0.29, 0.717) is 28.0 Å². The summed E-state index contributed by atoms with van der Waals surface area (Å²) in [5.74, 6) is 0.881. The van der Waals surface area contributed by atoms with E-state index in [1.54, 1.807) is 25.1 Å². The summed E-state index contributed by atoms with van der Waals surface area (Å²) in [5.41, 5.74) is 2.17. The molecule has 1 N–H and O–H groups in total. The van der Waals surface area contributed by atoms with Gasteiger partial charge in [0.15, 0.2) is 17.3 Å². The molecular formula is C19H14ClNO5S. The first-order valence-electron chi connectivity index (χ1n) is 8.07. The number of aliphatic carboxylic acids is 1. The summed E-state index contributed by atoms with van der Waals surface area (Å²) < 4.78 is 16.7. The fourth-order valence-electron chi connectivity index (χ4n) is 2.59. The Morgan fingerprint density at radius 3 is 2.59 bits per heavy atom. The van der Waals surface area contributed by atoms with Crippen LogP contribution in [0.25, 0.3) is 22.6 Å². The summed E-state index contributed by atoms with van der Waals surface area (Å²) in [6.45, 7) is 1.76. The Morgan fingerprint density at radius 1 is 1.15 bits per heavy atom. The summed E-state index contributed by atoms with van der Waals surface area (Å²) in [6.07, 6.45) is 0. The molecule has 27 heavy (non-hydrogen) atoms. The van der Waals surface area contributed by atoms with Crippen LogP contribution >= 0.6 is 23.4 Å². The van der Waals surface area contributed by atoms with Crippen LogP contribution in [0.2, 0.25) is 5.02 Å². The van der Waals surface area contributed by atoms with Crippen molar-refractivity contribution >= 4 is 29.3 Å². The summed E-state index contributed by atoms with van der Waals surface area (Å²) in [7, 11) is 0. The van der Waals surface area contributed by atoms with E-state index in [-0.39, 0.29) is 12.0 Å². The number of carbonyl (C=O) groups is 1. The zero-order valence-corrected chi connectivity index (χ0v) is 15.7. The van der Waals surface area contributed by atoms with Gasteiger partial charge < -0.3 is 19.0 Å². The van der Waals surface area contributed by atoms with Gasteiger partial charge in [0, 0.05) is 16.1 Å². The third-order valence-corrected chi connectivity index (χ3v) is 5.17. The Balaban J connectivity index is 1.79. The highest BCUT2D eigenvalue weighted by molar-refractivity contribution is 8.00. The SMILES string of the molecule is CC(Sc1nc(-c2ccc(Cl)cc2)c(-c2ccc3c(c2)OCO3)o1)C(=O)O. The zero-order chi connectivity index (χ0) is 19.0. The van der Waals surface area contributed by atoms with Crippen molar-refractivity contribution in [3.63, 3.8) is 0 Å². The van der Waals surface area contributed by atoms with Gasteiger partial charge in [0.25, 0.3) is 5.22 Å². The van der Waals surface area contributed by atoms with E-state index in [1.165, 1.54) is 0 Å². The number of oxazole rings is 1. The third kappa shape index (κ3) is 3.61. The van der Waals surface area contributed by atoms with Crippen LogP contribution in [0.4, 0.5) is 0 Å². The molecule has 1 atom stereocenters. The maximum atomic E-state index is 11.2. The highest BCUT2D eigenvalue weighted by Crippen LogP contribution is 2.41. The van der Waals surface area contributed by atoms with Gasteiger partial charge in [-0.15, -0.1) is 0 Å². The molecule has 1 aliphatic rings. The average Bonchev–Trinajstić information content (AvgIpc) is 3.28. The summed E-state index contributed by atoms with van der Waals surface area (Å²) in [5, 5.41) is 9.36. The van der Waals surface area contributed by atoms with E-state index < -0.39 is 11.2 Å². The van der Waals surface area contributed by atoms with Crippen LogP contribution < -0.4 is 9.47 Å². The van der Waals surface area contributed by atoms with E-state index in [0.717, 1.165) is 22.9 Å². The van der Waals surface area contributed by atoms with Gasteiger partial charge in [-0.25, -0.2) is 4.98 Å². The Hall–Kier alpha value is -2.64. The van der Waals surface area contributed by atoms with Crippen molar-refractivity contribution in [3.05, 3.63) is 47.5 Å². The molecule has 0 saturated carbocycles. The maximum absolute atomic E-state index is 11.2. The Kier molecular flexibility index (Phi) is 4.72. The largest absolute Gasteiger partial charge is 0.480 e. The summed E-state index contributed by atoms with van der Waals surface area (Å²) in [4.78, 5) is 15.7. The smallest absolute Gasteiger partial charge is 0.316 e. The molecule has 0 aliphatic carbocycles. The minimum Gasteiger partial charge on any atom is -0.480 e. The molecule has 2 aromatic carbocycles. The number of carboxylic acids is 1. The average molecular weight is 404 g/mol. The minimum atomic E-state index is -0.934. The van der Waals surface area contributed by atoms with Crippen LogP contribution in [0.15, 0.2) is 52.1 Å². The van der Waals surface area contributed by atoms with Crippen molar-refractivity contribution in [3.8, 4) is 34.1 Å². The number of fused-ring (bicyclic) bond motifs is 1. The van der Waals surface area contributed by atoms with Crippen LogP contribution in [-0.4, -0.2) is 28.1 Å². The van der Waals surface area contributed by atoms with Gasteiger partial charge in [0.2, 0.25) is 6.79 Å². The number of aromatic nitrogens is 1. The lowest BCUT2D eigenvalue weighted by molar-refractivity contribution is -0.136. The number of nitrogens with zero attached hydrogens (tertiary/aromatic N) is 1. The predicted octanol–water partition coefficient (Wildman–Crippen LogP) is 4.96. The van der Waals surface area contributed by atoms with Crippen molar-refractivity contribution in [1.82, 2.24) is 4.98 Å². The first-order chi connectivity index (χ1) is 13.0. The fourth-order valence-corrected chi connectivity index (χ4v) is 3.39. The topological polar surface area (TPSA) is 81.8 Å². The number of carboxylic acid groups (broad SMARTS) is 1. The molecule has 0 spiro atoms. The Bertz CT molecular complexity index is 1000. The molecule has 0 saturated heterocycles. The molecule has 1 aliphatic heterocycles. The van der Waals surface area contributed by atoms with Crippen LogP contribution in [-0.2, 0) is 4.79 Å². The normalized spacial score (nSPS) is 13.6. The molecule has 1 aromatic heterocycles. The lowest BCUT2D eigenvalue weighted by Gasteiger charge is -2.03. The molecule has 4 rings (SSSR count). The van der Waals surface area contributed by atoms with Crippen LogP contribution in [0.5, 0.6) is 11.5 Å². The number of halogens is 1. The minimum absolute atomic E-state index is 0.177. The van der Waals surface area contributed by atoms with Crippen molar-refractivity contribution in [2.75, 3.05) is 6.79 Å². The van der Waals surface area contributed by atoms with Crippen molar-refractivity contribution in [1.29, 1.82) is 0 Å². The standard InChI is InChI=1S/C19H14ClNO5S/c1-10(18(22)23)27-19-21-16(11-2-5-13(20)6-3-11)17(26-19)12-4-7-14-15(8-12)25-9-24-14/h2-8,10H,9H2,1H3,(H,22,23). The molecular weight excluding hydrogens is 390 g/mol. The van der Waals surface area contributed by atoms with Gasteiger partial charge in [-0.05, 0) is 37.3 Å². The van der Waals surface area contributed by atoms with Gasteiger partial charge in [0.05, 0.1) is 0 Å². The van der Waals surface area contributed by atoms with Crippen molar-refractivity contribution in [2.45, 2.75) is 17.4 Å². The van der Waals surface area contributed by atoms with E-state index in [4.69, 9.17) is 30.6 Å². The molecule has 3 aromatic rings. The molecule has 6 nitrogen and oxygen atoms in total. The van der Waals surface area contributed by atoms with Crippen LogP contribution in [0.3, 0.4) is 0 Å². The molecule has 0 amide bonds. The number of ether oxygens (including phenoxy) is 2. The number of thioether (sulfide) groups is 1. The molecule has 8 heteroatoms. The third-order valence-electron chi connectivity index (χ3n) is 3.99.